The monoisotopic (exact) mass is 424 g/mol. The fourth-order valence-electron chi connectivity index (χ4n) is 5.05. The third kappa shape index (κ3) is 4.31. The second-order valence-corrected chi connectivity index (χ2v) is 8.58. The van der Waals surface area contributed by atoms with Gasteiger partial charge in [0.25, 0.3) is 5.91 Å². The molecule has 3 heterocycles. The molecule has 2 amide bonds. The van der Waals surface area contributed by atoms with Gasteiger partial charge >= 0.3 is 0 Å². The molecular formula is C24H32N4O3. The number of hydrogen-bond acceptors (Lipinski definition) is 4. The van der Waals surface area contributed by atoms with Gasteiger partial charge in [-0.3, -0.25) is 14.3 Å². The van der Waals surface area contributed by atoms with E-state index in [1.807, 2.05) is 54.1 Å². The standard InChI is InChI=1S/C24H32N4O3/c1-4-19-15-21(26(2)25-19)24(30)28-12-7-9-18-16-27(13-11-20(18)28)23(29)14-17-8-5-6-10-22(17)31-3/h5-6,8,10,15,18,20H,4,7,9,11-14,16H2,1-3H3/t18-,20-/m1/s1. The molecule has 1 aromatic heterocycles. The lowest BCUT2D eigenvalue weighted by Crippen LogP contribution is -2.57. The van der Waals surface area contributed by atoms with Crippen molar-refractivity contribution in [3.8, 4) is 5.75 Å². The van der Waals surface area contributed by atoms with Crippen molar-refractivity contribution in [3.63, 3.8) is 0 Å². The number of piperidine rings is 2. The fraction of sp³-hybridized carbons (Fsp3) is 0.542. The second kappa shape index (κ2) is 9.12. The van der Waals surface area contributed by atoms with Gasteiger partial charge < -0.3 is 14.5 Å². The van der Waals surface area contributed by atoms with Gasteiger partial charge in [0.1, 0.15) is 11.4 Å². The van der Waals surface area contributed by atoms with Gasteiger partial charge in [-0.2, -0.15) is 5.10 Å². The largest absolute Gasteiger partial charge is 0.496 e. The first-order valence-electron chi connectivity index (χ1n) is 11.2. The van der Waals surface area contributed by atoms with Crippen LogP contribution in [0.2, 0.25) is 0 Å². The zero-order chi connectivity index (χ0) is 22.0. The van der Waals surface area contributed by atoms with Crippen molar-refractivity contribution >= 4 is 11.8 Å². The highest BCUT2D eigenvalue weighted by Crippen LogP contribution is 2.32. The van der Waals surface area contributed by atoms with Gasteiger partial charge in [0.05, 0.1) is 19.2 Å². The summed E-state index contributed by atoms with van der Waals surface area (Å²) < 4.78 is 7.10. The molecule has 0 saturated carbocycles. The number of nitrogens with zero attached hydrogens (tertiary/aromatic N) is 4. The number of hydrogen-bond donors (Lipinski definition) is 0. The fourth-order valence-corrected chi connectivity index (χ4v) is 5.05. The van der Waals surface area contributed by atoms with Gasteiger partial charge in [-0.05, 0) is 43.7 Å². The number of aromatic nitrogens is 2. The zero-order valence-corrected chi connectivity index (χ0v) is 18.7. The topological polar surface area (TPSA) is 67.7 Å². The Bertz CT molecular complexity index is 954. The van der Waals surface area contributed by atoms with Gasteiger partial charge in [-0.1, -0.05) is 25.1 Å². The molecule has 4 rings (SSSR count). The summed E-state index contributed by atoms with van der Waals surface area (Å²) in [5.74, 6) is 1.28. The van der Waals surface area contributed by atoms with E-state index in [0.29, 0.717) is 31.1 Å². The molecule has 0 unspecified atom stereocenters. The van der Waals surface area contributed by atoms with Gasteiger partial charge in [0.2, 0.25) is 5.91 Å². The molecule has 1 aromatic carbocycles. The number of fused-ring (bicyclic) bond motifs is 1. The minimum absolute atomic E-state index is 0.0678. The third-order valence-electron chi connectivity index (χ3n) is 6.73. The number of benzene rings is 1. The smallest absolute Gasteiger partial charge is 0.272 e. The Morgan fingerprint density at radius 1 is 1.19 bits per heavy atom. The van der Waals surface area contributed by atoms with Crippen LogP contribution in [-0.4, -0.2) is 64.2 Å². The van der Waals surface area contributed by atoms with Crippen LogP contribution in [0, 0.1) is 5.92 Å². The Hall–Kier alpha value is -2.83. The predicted molar refractivity (Wildman–Crippen MR) is 118 cm³/mol. The quantitative estimate of drug-likeness (QED) is 0.740. The highest BCUT2D eigenvalue weighted by molar-refractivity contribution is 5.93. The van der Waals surface area contributed by atoms with Crippen molar-refractivity contribution in [2.75, 3.05) is 26.7 Å². The maximum absolute atomic E-state index is 13.3. The van der Waals surface area contributed by atoms with Crippen LogP contribution in [0.4, 0.5) is 0 Å². The number of aryl methyl sites for hydroxylation is 2. The Morgan fingerprint density at radius 2 is 2.00 bits per heavy atom. The van der Waals surface area contributed by atoms with E-state index in [0.717, 1.165) is 49.2 Å². The number of para-hydroxylation sites is 1. The highest BCUT2D eigenvalue weighted by atomic mass is 16.5. The Morgan fingerprint density at radius 3 is 2.74 bits per heavy atom. The van der Waals surface area contributed by atoms with E-state index in [9.17, 15) is 9.59 Å². The van der Waals surface area contributed by atoms with Gasteiger partial charge in [0, 0.05) is 38.3 Å². The average Bonchev–Trinajstić information content (AvgIpc) is 3.18. The van der Waals surface area contributed by atoms with Crippen molar-refractivity contribution in [1.82, 2.24) is 19.6 Å². The SMILES string of the molecule is CCc1cc(C(=O)N2CCC[C@@H]3CN(C(=O)Cc4ccccc4OC)CC[C@H]32)n(C)n1. The summed E-state index contributed by atoms with van der Waals surface area (Å²) in [5, 5.41) is 4.44. The van der Waals surface area contributed by atoms with Gasteiger partial charge in [-0.15, -0.1) is 0 Å². The summed E-state index contributed by atoms with van der Waals surface area (Å²) in [7, 11) is 3.47. The summed E-state index contributed by atoms with van der Waals surface area (Å²) >= 11 is 0. The number of carbonyl (C=O) groups excluding carboxylic acids is 2. The number of ether oxygens (including phenoxy) is 1. The molecule has 0 aliphatic carbocycles. The first-order chi connectivity index (χ1) is 15.0. The molecule has 2 atom stereocenters. The van der Waals surface area contributed by atoms with E-state index in [2.05, 4.69) is 5.10 Å². The molecule has 31 heavy (non-hydrogen) atoms. The molecule has 0 radical (unpaired) electrons. The number of rotatable bonds is 5. The summed E-state index contributed by atoms with van der Waals surface area (Å²) in [6.07, 6.45) is 4.01. The second-order valence-electron chi connectivity index (χ2n) is 8.58. The molecule has 0 bridgehead atoms. The molecule has 2 saturated heterocycles. The Balaban J connectivity index is 1.43. The maximum Gasteiger partial charge on any atom is 0.272 e. The van der Waals surface area contributed by atoms with Crippen LogP contribution >= 0.6 is 0 Å². The molecule has 2 aliphatic heterocycles. The van der Waals surface area contributed by atoms with E-state index in [4.69, 9.17) is 4.74 Å². The summed E-state index contributed by atoms with van der Waals surface area (Å²) in [6.45, 7) is 4.23. The molecule has 2 aromatic rings. The van der Waals surface area contributed by atoms with Crippen molar-refractivity contribution < 1.29 is 14.3 Å². The third-order valence-corrected chi connectivity index (χ3v) is 6.73. The first-order valence-corrected chi connectivity index (χ1v) is 11.2. The number of likely N-dealkylation sites (tertiary alicyclic amines) is 2. The van der Waals surface area contributed by atoms with Crippen LogP contribution in [0.25, 0.3) is 0 Å². The lowest BCUT2D eigenvalue weighted by molar-refractivity contribution is -0.133. The highest BCUT2D eigenvalue weighted by Gasteiger charge is 2.40. The summed E-state index contributed by atoms with van der Waals surface area (Å²) in [5.41, 5.74) is 2.52. The minimum atomic E-state index is 0.0678. The molecule has 0 spiro atoms. The Labute approximate surface area is 184 Å². The number of amides is 2. The van der Waals surface area contributed by atoms with E-state index >= 15 is 0 Å². The summed E-state index contributed by atoms with van der Waals surface area (Å²) in [6, 6.07) is 9.79. The molecular weight excluding hydrogens is 392 g/mol. The Kier molecular flexibility index (Phi) is 6.30. The number of carbonyl (C=O) groups is 2. The zero-order valence-electron chi connectivity index (χ0n) is 18.7. The van der Waals surface area contributed by atoms with Crippen molar-refractivity contribution in [2.24, 2.45) is 13.0 Å². The average molecular weight is 425 g/mol. The van der Waals surface area contributed by atoms with E-state index in [-0.39, 0.29) is 17.9 Å². The normalized spacial score (nSPS) is 21.0. The van der Waals surface area contributed by atoms with Crippen molar-refractivity contribution in [2.45, 2.75) is 45.1 Å². The lowest BCUT2D eigenvalue weighted by Gasteiger charge is -2.47. The van der Waals surface area contributed by atoms with Crippen LogP contribution in [0.5, 0.6) is 5.75 Å². The van der Waals surface area contributed by atoms with Crippen LogP contribution in [0.1, 0.15) is 47.9 Å². The van der Waals surface area contributed by atoms with Gasteiger partial charge in [-0.25, -0.2) is 0 Å². The molecule has 2 aliphatic rings. The van der Waals surface area contributed by atoms with Crippen LogP contribution < -0.4 is 4.74 Å². The van der Waals surface area contributed by atoms with Crippen LogP contribution in [-0.2, 0) is 24.7 Å². The van der Waals surface area contributed by atoms with Crippen LogP contribution in [0.15, 0.2) is 30.3 Å². The lowest BCUT2D eigenvalue weighted by atomic mass is 9.83. The van der Waals surface area contributed by atoms with E-state index in [1.54, 1.807) is 11.8 Å². The van der Waals surface area contributed by atoms with Crippen LogP contribution in [0.3, 0.4) is 0 Å². The number of methoxy groups -OCH3 is 1. The predicted octanol–water partition coefficient (Wildman–Crippen LogP) is 2.69. The maximum atomic E-state index is 13.3. The first kappa shape index (κ1) is 21.4. The molecule has 7 nitrogen and oxygen atoms in total. The van der Waals surface area contributed by atoms with Crippen molar-refractivity contribution in [3.05, 3.63) is 47.3 Å². The molecule has 0 N–H and O–H groups in total. The summed E-state index contributed by atoms with van der Waals surface area (Å²) in [4.78, 5) is 30.3. The molecule has 2 fully saturated rings. The molecule has 7 heteroatoms. The minimum Gasteiger partial charge on any atom is -0.496 e. The van der Waals surface area contributed by atoms with E-state index < -0.39 is 0 Å². The van der Waals surface area contributed by atoms with Gasteiger partial charge in [0.15, 0.2) is 0 Å². The molecule has 166 valence electrons. The van der Waals surface area contributed by atoms with E-state index in [1.165, 1.54) is 0 Å². The van der Waals surface area contributed by atoms with Crippen molar-refractivity contribution in [1.29, 1.82) is 0 Å².